The highest BCUT2D eigenvalue weighted by Gasteiger charge is 2.60. The largest absolute Gasteiger partial charge is 0.456 e. The smallest absolute Gasteiger partial charge is 0.338 e. The van der Waals surface area contributed by atoms with Gasteiger partial charge < -0.3 is 18.9 Å². The van der Waals surface area contributed by atoms with Gasteiger partial charge in [0.05, 0.1) is 44.4 Å². The van der Waals surface area contributed by atoms with Crippen LogP contribution in [0.2, 0.25) is 0 Å². The van der Waals surface area contributed by atoms with Gasteiger partial charge in [-0.1, -0.05) is 20.8 Å². The van der Waals surface area contributed by atoms with Crippen molar-refractivity contribution in [2.45, 2.75) is 155 Å². The number of ketones is 2. The van der Waals surface area contributed by atoms with Gasteiger partial charge in [-0.15, -0.1) is 0 Å². The molecule has 6 rings (SSSR count). The van der Waals surface area contributed by atoms with Crippen molar-refractivity contribution in [1.82, 2.24) is 0 Å². The molecule has 0 spiro atoms. The second-order valence-corrected chi connectivity index (χ2v) is 18.8. The Morgan fingerprint density at radius 2 is 1.12 bits per heavy atom. The molecule has 2 aromatic carbocycles. The maximum atomic E-state index is 14.7. The molecule has 0 amide bonds. The highest BCUT2D eigenvalue weighted by Crippen LogP contribution is 2.60. The number of nitrogens with zero attached hydrogens (tertiary/aromatic N) is 2. The average molecular weight is 805 g/mol. The highest BCUT2D eigenvalue weighted by atomic mass is 16.6. The molecule has 58 heavy (non-hydrogen) atoms. The molecule has 0 N–H and O–H groups in total. The standard InChI is InChI=1S/C44H56N2O12/c1-40(2)34(55-38(49)27-8-12-29(13-9-27)45(51)52)20-23-42(5)26-31(47)16-17-32-43(6,33(48)18-19-36(42)57-40)24-22-37-44(32,7)25-21-35(41(3,4)58-37)56-39(50)28-10-14-30(15-11-28)46(53)54/h8-15,32,34-37H,16-26H2,1-7H3/t32-,34+,35+,36+,37+,42+,43+,44+/m0/s1. The second kappa shape index (κ2) is 15.9. The van der Waals surface area contributed by atoms with Crippen molar-refractivity contribution >= 4 is 34.9 Å². The van der Waals surface area contributed by atoms with Crippen molar-refractivity contribution < 1.29 is 48.0 Å². The fourth-order valence-corrected chi connectivity index (χ4v) is 10.4. The van der Waals surface area contributed by atoms with E-state index < -0.39 is 67.5 Å². The predicted molar refractivity (Wildman–Crippen MR) is 211 cm³/mol. The van der Waals surface area contributed by atoms with Crippen LogP contribution in [0.1, 0.15) is 140 Å². The lowest BCUT2D eigenvalue weighted by atomic mass is 9.50. The molecule has 314 valence electrons. The first kappa shape index (κ1) is 43.0. The Hall–Kier alpha value is -4.56. The third-order valence-electron chi connectivity index (χ3n) is 14.1. The molecule has 0 bridgehead atoms. The van der Waals surface area contributed by atoms with E-state index in [0.717, 1.165) is 0 Å². The number of nitro groups is 2. The van der Waals surface area contributed by atoms with Crippen molar-refractivity contribution in [3.63, 3.8) is 0 Å². The average Bonchev–Trinajstić information content (AvgIpc) is 3.32. The van der Waals surface area contributed by atoms with Gasteiger partial charge in [-0.05, 0) is 115 Å². The molecule has 4 aliphatic rings. The number of esters is 2. The number of carbonyl (C=O) groups is 4. The van der Waals surface area contributed by atoms with Crippen LogP contribution in [0.25, 0.3) is 0 Å². The van der Waals surface area contributed by atoms with Crippen LogP contribution in [0.15, 0.2) is 48.5 Å². The zero-order chi connectivity index (χ0) is 42.4. The number of ether oxygens (including phenoxy) is 4. The minimum Gasteiger partial charge on any atom is -0.456 e. The second-order valence-electron chi connectivity index (χ2n) is 18.8. The summed E-state index contributed by atoms with van der Waals surface area (Å²) in [6.07, 6.45) is 2.78. The fourth-order valence-electron chi connectivity index (χ4n) is 10.4. The van der Waals surface area contributed by atoms with E-state index in [4.69, 9.17) is 18.9 Å². The number of benzene rings is 2. The first-order valence-electron chi connectivity index (χ1n) is 20.4. The number of fused-ring (bicyclic) bond motifs is 4. The molecule has 4 fully saturated rings. The van der Waals surface area contributed by atoms with Crippen LogP contribution in [0.5, 0.6) is 0 Å². The summed E-state index contributed by atoms with van der Waals surface area (Å²) in [5, 5.41) is 22.3. The molecule has 14 heteroatoms. The molecular weight excluding hydrogens is 748 g/mol. The van der Waals surface area contributed by atoms with Gasteiger partial charge in [-0.2, -0.15) is 0 Å². The van der Waals surface area contributed by atoms with Gasteiger partial charge in [0.25, 0.3) is 11.4 Å². The zero-order valence-electron chi connectivity index (χ0n) is 34.6. The van der Waals surface area contributed by atoms with E-state index in [2.05, 4.69) is 6.92 Å². The number of non-ortho nitro benzene ring substituents is 2. The van der Waals surface area contributed by atoms with E-state index in [0.29, 0.717) is 51.4 Å². The summed E-state index contributed by atoms with van der Waals surface area (Å²) in [6.45, 7) is 13.7. The van der Waals surface area contributed by atoms with Gasteiger partial charge in [0.2, 0.25) is 0 Å². The van der Waals surface area contributed by atoms with Gasteiger partial charge in [0.1, 0.15) is 23.8 Å². The molecule has 2 saturated carbocycles. The summed E-state index contributed by atoms with van der Waals surface area (Å²) in [7, 11) is 0. The third-order valence-corrected chi connectivity index (χ3v) is 14.1. The number of hydrogen-bond donors (Lipinski definition) is 0. The van der Waals surface area contributed by atoms with Crippen molar-refractivity contribution in [1.29, 1.82) is 0 Å². The molecule has 8 atom stereocenters. The molecule has 2 saturated heterocycles. The van der Waals surface area contributed by atoms with Crippen molar-refractivity contribution in [2.24, 2.45) is 22.2 Å². The van der Waals surface area contributed by atoms with Crippen LogP contribution < -0.4 is 0 Å². The lowest BCUT2D eigenvalue weighted by Gasteiger charge is -2.55. The Balaban J connectivity index is 1.20. The van der Waals surface area contributed by atoms with Crippen LogP contribution in [-0.2, 0) is 28.5 Å². The summed E-state index contributed by atoms with van der Waals surface area (Å²) >= 11 is 0. The summed E-state index contributed by atoms with van der Waals surface area (Å²) in [4.78, 5) is 76.6. The first-order chi connectivity index (χ1) is 27.1. The molecule has 2 aliphatic carbocycles. The monoisotopic (exact) mass is 804 g/mol. The number of nitro benzene ring substituents is 2. The Kier molecular flexibility index (Phi) is 11.8. The summed E-state index contributed by atoms with van der Waals surface area (Å²) in [5.74, 6) is -1.23. The summed E-state index contributed by atoms with van der Waals surface area (Å²) in [5.41, 5.74) is -3.63. The van der Waals surface area contributed by atoms with Crippen molar-refractivity contribution in [3.8, 4) is 0 Å². The van der Waals surface area contributed by atoms with Gasteiger partial charge in [0, 0.05) is 54.4 Å². The zero-order valence-corrected chi connectivity index (χ0v) is 34.6. The molecular formula is C44H56N2O12. The number of rotatable bonds is 6. The Bertz CT molecular complexity index is 1940. The van der Waals surface area contributed by atoms with E-state index in [1.807, 2.05) is 41.5 Å². The van der Waals surface area contributed by atoms with Gasteiger partial charge in [-0.3, -0.25) is 29.8 Å². The number of Topliss-reactive ketones (excluding diaryl/α,β-unsaturated/α-hetero) is 2. The Morgan fingerprint density at radius 3 is 1.62 bits per heavy atom. The number of hydrogen-bond acceptors (Lipinski definition) is 12. The van der Waals surface area contributed by atoms with E-state index >= 15 is 0 Å². The molecule has 14 nitrogen and oxygen atoms in total. The minimum absolute atomic E-state index is 0.0717. The SMILES string of the molecule is CC1(C)O[C@@H]2CCC(=O)[C@]3(C)CC[C@H]4OC(C)(C)[C@H](OC(=O)c5ccc([N+](=O)[O-])cc5)CC[C@]4(C)[C@H]3CCC(=O)C[C@@]2(C)CC[C@H]1OC(=O)c1ccc([N+](=O)[O-])cc1. The lowest BCUT2D eigenvalue weighted by Crippen LogP contribution is -2.56. The van der Waals surface area contributed by atoms with Crippen LogP contribution in [0, 0.1) is 42.4 Å². The fraction of sp³-hybridized carbons (Fsp3) is 0.636. The van der Waals surface area contributed by atoms with Crippen LogP contribution >= 0.6 is 0 Å². The molecule has 0 aromatic heterocycles. The normalized spacial score (nSPS) is 33.7. The third kappa shape index (κ3) is 8.45. The summed E-state index contributed by atoms with van der Waals surface area (Å²) in [6, 6.07) is 10.5. The molecule has 2 aromatic rings. The van der Waals surface area contributed by atoms with Crippen LogP contribution in [0.4, 0.5) is 11.4 Å². The van der Waals surface area contributed by atoms with Gasteiger partial charge in [-0.25, -0.2) is 9.59 Å². The molecule has 0 unspecified atom stereocenters. The van der Waals surface area contributed by atoms with Crippen molar-refractivity contribution in [3.05, 3.63) is 79.9 Å². The molecule has 2 aliphatic heterocycles. The minimum atomic E-state index is -0.966. The molecule has 0 radical (unpaired) electrons. The highest BCUT2D eigenvalue weighted by molar-refractivity contribution is 5.90. The Labute approximate surface area is 339 Å². The molecule has 2 heterocycles. The van der Waals surface area contributed by atoms with Gasteiger partial charge in [0.15, 0.2) is 0 Å². The maximum Gasteiger partial charge on any atom is 0.338 e. The Morgan fingerprint density at radius 1 is 0.638 bits per heavy atom. The van der Waals surface area contributed by atoms with Crippen LogP contribution in [0.3, 0.4) is 0 Å². The van der Waals surface area contributed by atoms with Gasteiger partial charge >= 0.3 is 11.9 Å². The van der Waals surface area contributed by atoms with E-state index in [-0.39, 0.29) is 65.4 Å². The van der Waals surface area contributed by atoms with Crippen molar-refractivity contribution in [2.75, 3.05) is 0 Å². The van der Waals surface area contributed by atoms with E-state index in [1.54, 1.807) is 0 Å². The quantitative estimate of drug-likeness (QED) is 0.154. The topological polar surface area (TPSA) is 191 Å². The lowest BCUT2D eigenvalue weighted by molar-refractivity contribution is -0.385. The van der Waals surface area contributed by atoms with E-state index in [9.17, 15) is 39.4 Å². The first-order valence-corrected chi connectivity index (χ1v) is 20.4. The maximum absolute atomic E-state index is 14.7. The number of carbonyl (C=O) groups excluding carboxylic acids is 4. The van der Waals surface area contributed by atoms with E-state index in [1.165, 1.54) is 48.5 Å². The predicted octanol–water partition coefficient (Wildman–Crippen LogP) is 8.70. The van der Waals surface area contributed by atoms with Crippen LogP contribution in [-0.4, -0.2) is 69.0 Å². The summed E-state index contributed by atoms with van der Waals surface area (Å²) < 4.78 is 25.7.